The van der Waals surface area contributed by atoms with Gasteiger partial charge in [0, 0.05) is 23.4 Å². The molecule has 0 radical (unpaired) electrons. The fourth-order valence-corrected chi connectivity index (χ4v) is 4.21. The van der Waals surface area contributed by atoms with E-state index in [1.54, 1.807) is 25.1 Å². The molecule has 0 atom stereocenters. The SMILES string of the molecule is CCNCc1ccc(N/C(=C2\C(=O)Nc3cc(C(=O)OCC)ccc32)c2ccc3c(c2)OCO3)cc1. The van der Waals surface area contributed by atoms with Crippen LogP contribution in [-0.2, 0) is 16.1 Å². The maximum Gasteiger partial charge on any atom is 0.338 e. The van der Waals surface area contributed by atoms with Crippen LogP contribution in [-0.4, -0.2) is 31.8 Å². The summed E-state index contributed by atoms with van der Waals surface area (Å²) < 4.78 is 16.2. The molecule has 8 nitrogen and oxygen atoms in total. The smallest absolute Gasteiger partial charge is 0.338 e. The van der Waals surface area contributed by atoms with E-state index in [2.05, 4.69) is 22.9 Å². The lowest BCUT2D eigenvalue weighted by Gasteiger charge is -2.16. The highest BCUT2D eigenvalue weighted by atomic mass is 16.7. The molecule has 36 heavy (non-hydrogen) atoms. The third-order valence-electron chi connectivity index (χ3n) is 5.99. The summed E-state index contributed by atoms with van der Waals surface area (Å²) in [5, 5.41) is 9.66. The van der Waals surface area contributed by atoms with E-state index < -0.39 is 5.97 Å². The summed E-state index contributed by atoms with van der Waals surface area (Å²) in [6, 6.07) is 18.7. The normalized spacial score (nSPS) is 14.8. The number of ether oxygens (including phenoxy) is 3. The van der Waals surface area contributed by atoms with Gasteiger partial charge in [-0.2, -0.15) is 0 Å². The minimum atomic E-state index is -0.432. The molecule has 0 unspecified atom stereocenters. The van der Waals surface area contributed by atoms with Gasteiger partial charge in [0.25, 0.3) is 5.91 Å². The second-order valence-electron chi connectivity index (χ2n) is 8.36. The number of carbonyl (C=O) groups is 2. The lowest BCUT2D eigenvalue weighted by Crippen LogP contribution is -2.12. The van der Waals surface area contributed by atoms with Gasteiger partial charge in [-0.05, 0) is 61.5 Å². The van der Waals surface area contributed by atoms with Gasteiger partial charge in [0.1, 0.15) is 0 Å². The van der Waals surface area contributed by atoms with E-state index in [1.807, 2.05) is 42.5 Å². The van der Waals surface area contributed by atoms with Gasteiger partial charge in [-0.25, -0.2) is 4.79 Å². The van der Waals surface area contributed by atoms with Gasteiger partial charge in [0.2, 0.25) is 6.79 Å². The van der Waals surface area contributed by atoms with E-state index in [9.17, 15) is 9.59 Å². The highest BCUT2D eigenvalue weighted by molar-refractivity contribution is 6.37. The molecular weight excluding hydrogens is 458 g/mol. The van der Waals surface area contributed by atoms with Crippen molar-refractivity contribution in [2.24, 2.45) is 0 Å². The molecule has 0 saturated carbocycles. The van der Waals surface area contributed by atoms with Crippen LogP contribution in [0.4, 0.5) is 11.4 Å². The molecule has 2 heterocycles. The van der Waals surface area contributed by atoms with Crippen molar-refractivity contribution < 1.29 is 23.8 Å². The largest absolute Gasteiger partial charge is 0.462 e. The molecule has 0 aliphatic carbocycles. The zero-order valence-corrected chi connectivity index (χ0v) is 20.1. The molecule has 3 N–H and O–H groups in total. The fourth-order valence-electron chi connectivity index (χ4n) is 4.21. The van der Waals surface area contributed by atoms with Gasteiger partial charge in [0.05, 0.1) is 29.1 Å². The number of carbonyl (C=O) groups excluding carboxylic acids is 2. The topological polar surface area (TPSA) is 97.9 Å². The number of hydrogen-bond donors (Lipinski definition) is 3. The molecule has 3 aromatic rings. The highest BCUT2D eigenvalue weighted by Gasteiger charge is 2.30. The Morgan fingerprint density at radius 1 is 0.972 bits per heavy atom. The first-order valence-electron chi connectivity index (χ1n) is 11.9. The molecule has 0 saturated heterocycles. The number of benzene rings is 3. The van der Waals surface area contributed by atoms with Crippen molar-refractivity contribution in [1.82, 2.24) is 5.32 Å². The Kier molecular flexibility index (Phi) is 6.60. The molecule has 0 spiro atoms. The van der Waals surface area contributed by atoms with E-state index in [4.69, 9.17) is 14.2 Å². The van der Waals surface area contributed by atoms with Gasteiger partial charge in [0.15, 0.2) is 11.5 Å². The number of fused-ring (bicyclic) bond motifs is 2. The minimum absolute atomic E-state index is 0.158. The number of rotatable bonds is 8. The molecule has 0 fully saturated rings. The molecule has 3 aromatic carbocycles. The average Bonchev–Trinajstić information content (AvgIpc) is 3.49. The van der Waals surface area contributed by atoms with Gasteiger partial charge < -0.3 is 30.2 Å². The van der Waals surface area contributed by atoms with Crippen LogP contribution < -0.4 is 25.4 Å². The zero-order valence-electron chi connectivity index (χ0n) is 20.1. The van der Waals surface area contributed by atoms with Crippen LogP contribution in [0.2, 0.25) is 0 Å². The first-order valence-corrected chi connectivity index (χ1v) is 11.9. The molecule has 184 valence electrons. The predicted octanol–water partition coefficient (Wildman–Crippen LogP) is 4.63. The summed E-state index contributed by atoms with van der Waals surface area (Å²) in [5.41, 5.74) is 5.48. The molecule has 2 aliphatic rings. The van der Waals surface area contributed by atoms with Crippen LogP contribution in [0.1, 0.15) is 40.9 Å². The summed E-state index contributed by atoms with van der Waals surface area (Å²) in [5.74, 6) is 0.574. The summed E-state index contributed by atoms with van der Waals surface area (Å²) in [7, 11) is 0. The van der Waals surface area contributed by atoms with Crippen LogP contribution in [0.25, 0.3) is 11.3 Å². The van der Waals surface area contributed by atoms with E-state index in [1.165, 1.54) is 0 Å². The van der Waals surface area contributed by atoms with Crippen molar-refractivity contribution in [3.05, 3.63) is 82.9 Å². The lowest BCUT2D eigenvalue weighted by atomic mass is 9.98. The minimum Gasteiger partial charge on any atom is -0.462 e. The van der Waals surface area contributed by atoms with Crippen LogP contribution in [0.15, 0.2) is 60.7 Å². The average molecular weight is 486 g/mol. The molecule has 0 aromatic heterocycles. The maximum atomic E-state index is 13.3. The number of amides is 1. The van der Waals surface area contributed by atoms with E-state index in [-0.39, 0.29) is 19.3 Å². The van der Waals surface area contributed by atoms with Crippen LogP contribution in [0.5, 0.6) is 11.5 Å². The number of anilines is 2. The van der Waals surface area contributed by atoms with Gasteiger partial charge in [-0.15, -0.1) is 0 Å². The van der Waals surface area contributed by atoms with Crippen LogP contribution in [0.3, 0.4) is 0 Å². The van der Waals surface area contributed by atoms with Crippen molar-refractivity contribution in [2.75, 3.05) is 30.6 Å². The van der Waals surface area contributed by atoms with Crippen molar-refractivity contribution in [2.45, 2.75) is 20.4 Å². The van der Waals surface area contributed by atoms with Crippen molar-refractivity contribution in [1.29, 1.82) is 0 Å². The van der Waals surface area contributed by atoms with Crippen LogP contribution in [0, 0.1) is 0 Å². The first-order chi connectivity index (χ1) is 17.6. The Hall–Kier alpha value is -4.30. The molecule has 0 bridgehead atoms. The standard InChI is InChI=1S/C28H27N3O5/c1-3-29-15-17-5-9-20(10-6-17)30-26(18-8-12-23-24(14-18)36-16-35-23)25-21-11-7-19(28(33)34-4-2)13-22(21)31-27(25)32/h5-14,29-30H,3-4,15-16H2,1-2H3,(H,31,32)/b26-25-. The number of esters is 1. The lowest BCUT2D eigenvalue weighted by molar-refractivity contribution is -0.110. The zero-order chi connectivity index (χ0) is 25.1. The Labute approximate surface area is 209 Å². The predicted molar refractivity (Wildman–Crippen MR) is 138 cm³/mol. The molecule has 2 aliphatic heterocycles. The third-order valence-corrected chi connectivity index (χ3v) is 5.99. The Morgan fingerprint density at radius 2 is 1.75 bits per heavy atom. The Bertz CT molecular complexity index is 1350. The third kappa shape index (κ3) is 4.63. The molecule has 1 amide bonds. The summed E-state index contributed by atoms with van der Waals surface area (Å²) in [4.78, 5) is 25.5. The van der Waals surface area contributed by atoms with Gasteiger partial charge in [-0.3, -0.25) is 4.79 Å². The van der Waals surface area contributed by atoms with E-state index >= 15 is 0 Å². The monoisotopic (exact) mass is 485 g/mol. The van der Waals surface area contributed by atoms with Crippen molar-refractivity contribution >= 4 is 34.5 Å². The Balaban J connectivity index is 1.57. The summed E-state index contributed by atoms with van der Waals surface area (Å²) in [6.45, 7) is 5.94. The fraction of sp³-hybridized carbons (Fsp3) is 0.214. The second-order valence-corrected chi connectivity index (χ2v) is 8.36. The van der Waals surface area contributed by atoms with Crippen LogP contribution >= 0.6 is 0 Å². The van der Waals surface area contributed by atoms with E-state index in [0.717, 1.165) is 29.9 Å². The van der Waals surface area contributed by atoms with Gasteiger partial charge >= 0.3 is 5.97 Å². The molecular formula is C28H27N3O5. The van der Waals surface area contributed by atoms with E-state index in [0.29, 0.717) is 39.6 Å². The maximum absolute atomic E-state index is 13.3. The summed E-state index contributed by atoms with van der Waals surface area (Å²) >= 11 is 0. The highest BCUT2D eigenvalue weighted by Crippen LogP contribution is 2.41. The van der Waals surface area contributed by atoms with Gasteiger partial charge in [-0.1, -0.05) is 25.1 Å². The second kappa shape index (κ2) is 10.1. The van der Waals surface area contributed by atoms with Crippen molar-refractivity contribution in [3.8, 4) is 11.5 Å². The Morgan fingerprint density at radius 3 is 2.53 bits per heavy atom. The first kappa shape index (κ1) is 23.4. The van der Waals surface area contributed by atoms with Crippen molar-refractivity contribution in [3.63, 3.8) is 0 Å². The number of hydrogen-bond acceptors (Lipinski definition) is 7. The number of nitrogens with one attached hydrogen (secondary N) is 3. The molecule has 8 heteroatoms. The summed E-state index contributed by atoms with van der Waals surface area (Å²) in [6.07, 6.45) is 0. The quantitative estimate of drug-likeness (QED) is 0.316. The molecule has 5 rings (SSSR count).